The number of rotatable bonds is 10. The van der Waals surface area contributed by atoms with Gasteiger partial charge in [0, 0.05) is 17.8 Å². The number of aryl methyl sites for hydroxylation is 2. The first kappa shape index (κ1) is 25.1. The third-order valence-electron chi connectivity index (χ3n) is 5.04. The summed E-state index contributed by atoms with van der Waals surface area (Å²) in [6.45, 7) is 3.60. The first-order valence-corrected chi connectivity index (χ1v) is 12.1. The van der Waals surface area contributed by atoms with E-state index < -0.39 is 22.0 Å². The Kier molecular flexibility index (Phi) is 8.14. The molecule has 3 aromatic rings. The molecule has 8 nitrogen and oxygen atoms in total. The quantitative estimate of drug-likeness (QED) is 0.407. The van der Waals surface area contributed by atoms with Gasteiger partial charge in [-0.2, -0.15) is 0 Å². The fraction of sp³-hybridized carbons (Fsp3) is 0.240. The molecule has 0 saturated carbocycles. The summed E-state index contributed by atoms with van der Waals surface area (Å²) in [5, 5.41) is 12.8. The lowest BCUT2D eigenvalue weighted by atomic mass is 10.1. The number of methoxy groups -OCH3 is 1. The van der Waals surface area contributed by atoms with E-state index >= 15 is 0 Å². The Bertz CT molecular complexity index is 1240. The van der Waals surface area contributed by atoms with Crippen LogP contribution in [0.25, 0.3) is 0 Å². The van der Waals surface area contributed by atoms with Gasteiger partial charge in [0.25, 0.3) is 15.9 Å². The number of amides is 1. The molecule has 0 heterocycles. The summed E-state index contributed by atoms with van der Waals surface area (Å²) in [5.74, 6) is 0.737. The second-order valence-corrected chi connectivity index (χ2v) is 9.48. The van der Waals surface area contributed by atoms with E-state index in [4.69, 9.17) is 9.47 Å². The van der Waals surface area contributed by atoms with E-state index in [-0.39, 0.29) is 23.6 Å². The molecule has 1 atom stereocenters. The highest BCUT2D eigenvalue weighted by Gasteiger charge is 2.19. The highest BCUT2D eigenvalue weighted by atomic mass is 32.2. The monoisotopic (exact) mass is 484 g/mol. The molecule has 3 rings (SSSR count). The van der Waals surface area contributed by atoms with Gasteiger partial charge in [0.05, 0.1) is 12.0 Å². The normalized spacial score (nSPS) is 12.0. The fourth-order valence-corrected chi connectivity index (χ4v) is 4.23. The van der Waals surface area contributed by atoms with Gasteiger partial charge < -0.3 is 19.9 Å². The fourth-order valence-electron chi connectivity index (χ4n) is 3.15. The molecule has 0 aromatic heterocycles. The Morgan fingerprint density at radius 1 is 1.00 bits per heavy atom. The van der Waals surface area contributed by atoms with E-state index in [1.165, 1.54) is 19.2 Å². The van der Waals surface area contributed by atoms with Crippen LogP contribution in [0.2, 0.25) is 0 Å². The standard InChI is InChI=1S/C25H28N2O6S/c1-17-5-4-6-22(13-17)33-16-20(28)15-26-25(29)24-14-23(12-7-18(24)2)34(30,31)27-19-8-10-21(32-3)11-9-19/h4-14,20,27-28H,15-16H2,1-3H3,(H,26,29). The molecule has 0 bridgehead atoms. The molecular formula is C25H28N2O6S. The molecule has 1 unspecified atom stereocenters. The number of carbonyl (C=O) groups excluding carboxylic acids is 1. The van der Waals surface area contributed by atoms with Crippen LogP contribution in [-0.2, 0) is 10.0 Å². The van der Waals surface area contributed by atoms with Crippen LogP contribution >= 0.6 is 0 Å². The van der Waals surface area contributed by atoms with Crippen molar-refractivity contribution >= 4 is 21.6 Å². The summed E-state index contributed by atoms with van der Waals surface area (Å²) in [6, 6.07) is 18.2. The maximum absolute atomic E-state index is 12.8. The van der Waals surface area contributed by atoms with E-state index in [0.717, 1.165) is 5.56 Å². The molecule has 1 amide bonds. The van der Waals surface area contributed by atoms with Gasteiger partial charge in [0.1, 0.15) is 24.2 Å². The predicted molar refractivity (Wildman–Crippen MR) is 130 cm³/mol. The smallest absolute Gasteiger partial charge is 0.261 e. The number of nitrogens with one attached hydrogen (secondary N) is 2. The largest absolute Gasteiger partial charge is 0.497 e. The molecule has 34 heavy (non-hydrogen) atoms. The van der Waals surface area contributed by atoms with Crippen LogP contribution in [0.5, 0.6) is 11.5 Å². The number of carbonyl (C=O) groups is 1. The van der Waals surface area contributed by atoms with Crippen molar-refractivity contribution in [2.24, 2.45) is 0 Å². The number of benzene rings is 3. The highest BCUT2D eigenvalue weighted by Crippen LogP contribution is 2.21. The van der Waals surface area contributed by atoms with E-state index in [2.05, 4.69) is 10.0 Å². The molecule has 0 aliphatic carbocycles. The zero-order valence-corrected chi connectivity index (χ0v) is 20.1. The van der Waals surface area contributed by atoms with E-state index in [0.29, 0.717) is 22.7 Å². The number of hydrogen-bond acceptors (Lipinski definition) is 6. The molecule has 9 heteroatoms. The SMILES string of the molecule is COc1ccc(NS(=O)(=O)c2ccc(C)c(C(=O)NCC(O)COc3cccc(C)c3)c2)cc1. The lowest BCUT2D eigenvalue weighted by Crippen LogP contribution is -2.35. The van der Waals surface area contributed by atoms with Crippen molar-refractivity contribution < 1.29 is 27.8 Å². The van der Waals surface area contributed by atoms with Gasteiger partial charge in [0.2, 0.25) is 0 Å². The summed E-state index contributed by atoms with van der Waals surface area (Å²) in [4.78, 5) is 12.7. The number of anilines is 1. The van der Waals surface area contributed by atoms with Gasteiger partial charge in [-0.25, -0.2) is 8.42 Å². The molecular weight excluding hydrogens is 456 g/mol. The third kappa shape index (κ3) is 6.72. The van der Waals surface area contributed by atoms with Crippen molar-refractivity contribution in [3.8, 4) is 11.5 Å². The van der Waals surface area contributed by atoms with Crippen molar-refractivity contribution in [1.29, 1.82) is 0 Å². The minimum absolute atomic E-state index is 0.00289. The topological polar surface area (TPSA) is 114 Å². The molecule has 0 spiro atoms. The molecule has 0 aliphatic rings. The number of aliphatic hydroxyl groups is 1. The van der Waals surface area contributed by atoms with Crippen LogP contribution in [-0.4, -0.2) is 45.8 Å². The number of ether oxygens (including phenoxy) is 2. The number of aliphatic hydroxyl groups excluding tert-OH is 1. The average molecular weight is 485 g/mol. The van der Waals surface area contributed by atoms with Crippen LogP contribution in [0.1, 0.15) is 21.5 Å². The van der Waals surface area contributed by atoms with Crippen molar-refractivity contribution in [3.63, 3.8) is 0 Å². The van der Waals surface area contributed by atoms with E-state index in [9.17, 15) is 18.3 Å². The average Bonchev–Trinajstić information content (AvgIpc) is 2.81. The molecule has 3 N–H and O–H groups in total. The Balaban J connectivity index is 1.63. The van der Waals surface area contributed by atoms with Crippen LogP contribution < -0.4 is 19.5 Å². The summed E-state index contributed by atoms with van der Waals surface area (Å²) in [5.41, 5.74) is 2.20. The minimum Gasteiger partial charge on any atom is -0.497 e. The van der Waals surface area contributed by atoms with E-state index in [1.807, 2.05) is 25.1 Å². The number of hydrogen-bond donors (Lipinski definition) is 3. The van der Waals surface area contributed by atoms with Gasteiger partial charge >= 0.3 is 0 Å². The third-order valence-corrected chi connectivity index (χ3v) is 6.42. The van der Waals surface area contributed by atoms with Crippen LogP contribution in [0.15, 0.2) is 71.6 Å². The first-order valence-electron chi connectivity index (χ1n) is 10.6. The molecule has 0 fully saturated rings. The Labute approximate surface area is 199 Å². The van der Waals surface area contributed by atoms with Crippen molar-refractivity contribution in [3.05, 3.63) is 83.4 Å². The zero-order valence-electron chi connectivity index (χ0n) is 19.2. The Morgan fingerprint density at radius 3 is 2.41 bits per heavy atom. The maximum Gasteiger partial charge on any atom is 0.261 e. The predicted octanol–water partition coefficient (Wildman–Crippen LogP) is 3.28. The maximum atomic E-state index is 12.8. The molecule has 3 aromatic carbocycles. The summed E-state index contributed by atoms with van der Waals surface area (Å²) >= 11 is 0. The Morgan fingerprint density at radius 2 is 1.74 bits per heavy atom. The second-order valence-electron chi connectivity index (χ2n) is 7.80. The van der Waals surface area contributed by atoms with Crippen molar-refractivity contribution in [1.82, 2.24) is 5.32 Å². The first-order chi connectivity index (χ1) is 16.2. The summed E-state index contributed by atoms with van der Waals surface area (Å²) < 4.78 is 38.8. The second kappa shape index (κ2) is 11.0. The lowest BCUT2D eigenvalue weighted by molar-refractivity contribution is 0.0843. The Hall–Kier alpha value is -3.56. The van der Waals surface area contributed by atoms with E-state index in [1.54, 1.807) is 43.3 Å². The minimum atomic E-state index is -3.92. The van der Waals surface area contributed by atoms with Gasteiger partial charge in [-0.05, 0) is 73.5 Å². The molecule has 0 saturated heterocycles. The van der Waals surface area contributed by atoms with Crippen LogP contribution in [0.3, 0.4) is 0 Å². The lowest BCUT2D eigenvalue weighted by Gasteiger charge is -2.15. The number of sulfonamides is 1. The zero-order chi connectivity index (χ0) is 24.7. The van der Waals surface area contributed by atoms with Gasteiger partial charge in [-0.3, -0.25) is 9.52 Å². The van der Waals surface area contributed by atoms with Crippen LogP contribution in [0.4, 0.5) is 5.69 Å². The van der Waals surface area contributed by atoms with Crippen LogP contribution in [0, 0.1) is 13.8 Å². The molecule has 0 aliphatic heterocycles. The summed E-state index contributed by atoms with van der Waals surface area (Å²) in [6.07, 6.45) is -0.937. The van der Waals surface area contributed by atoms with Gasteiger partial charge in [-0.1, -0.05) is 18.2 Å². The van der Waals surface area contributed by atoms with Gasteiger partial charge in [-0.15, -0.1) is 0 Å². The van der Waals surface area contributed by atoms with Crippen molar-refractivity contribution in [2.75, 3.05) is 25.0 Å². The summed E-state index contributed by atoms with van der Waals surface area (Å²) in [7, 11) is -2.40. The molecule has 180 valence electrons. The molecule has 0 radical (unpaired) electrons. The van der Waals surface area contributed by atoms with Gasteiger partial charge in [0.15, 0.2) is 0 Å². The van der Waals surface area contributed by atoms with Crippen molar-refractivity contribution in [2.45, 2.75) is 24.8 Å². The highest BCUT2D eigenvalue weighted by molar-refractivity contribution is 7.92.